The Morgan fingerprint density at radius 2 is 1.63 bits per heavy atom. The zero-order valence-electron chi connectivity index (χ0n) is 16.9. The molecule has 2 aromatic carbocycles. The number of benzene rings is 2. The van der Waals surface area contributed by atoms with Gasteiger partial charge in [0.05, 0.1) is 6.54 Å². The third kappa shape index (κ3) is 7.04. The van der Waals surface area contributed by atoms with Crippen LogP contribution in [0.5, 0.6) is 5.75 Å². The second-order valence-electron chi connectivity index (χ2n) is 7.05. The first-order valence-corrected chi connectivity index (χ1v) is 10.0. The van der Waals surface area contributed by atoms with E-state index in [0.29, 0.717) is 19.7 Å². The Morgan fingerprint density at radius 3 is 2.33 bits per heavy atom. The minimum atomic E-state index is -0.427. The molecule has 1 heterocycles. The van der Waals surface area contributed by atoms with Crippen molar-refractivity contribution in [3.63, 3.8) is 0 Å². The summed E-state index contributed by atoms with van der Waals surface area (Å²) in [5, 5.41) is 5.23. The van der Waals surface area contributed by atoms with E-state index < -0.39 is 6.03 Å². The zero-order valence-corrected chi connectivity index (χ0v) is 16.9. The molecule has 2 aromatic rings. The number of carbonyl (C=O) groups is 2. The van der Waals surface area contributed by atoms with E-state index >= 15 is 0 Å². The highest BCUT2D eigenvalue weighted by molar-refractivity contribution is 5.84. The van der Waals surface area contributed by atoms with E-state index in [0.717, 1.165) is 30.9 Å². The van der Waals surface area contributed by atoms with Crippen LogP contribution in [0.1, 0.15) is 5.56 Å². The fourth-order valence-electron chi connectivity index (χ4n) is 3.14. The molecule has 8 heteroatoms. The van der Waals surface area contributed by atoms with Crippen molar-refractivity contribution >= 4 is 11.9 Å². The molecule has 2 N–H and O–H groups in total. The Balaban J connectivity index is 1.28. The van der Waals surface area contributed by atoms with E-state index in [-0.39, 0.29) is 24.8 Å². The topological polar surface area (TPSA) is 73.9 Å². The van der Waals surface area contributed by atoms with Gasteiger partial charge in [0.1, 0.15) is 18.2 Å². The van der Waals surface area contributed by atoms with Gasteiger partial charge in [-0.2, -0.15) is 0 Å². The van der Waals surface area contributed by atoms with Crippen LogP contribution in [-0.2, 0) is 11.3 Å². The lowest BCUT2D eigenvalue weighted by atomic mass is 10.2. The maximum Gasteiger partial charge on any atom is 0.315 e. The van der Waals surface area contributed by atoms with Gasteiger partial charge in [-0.3, -0.25) is 9.69 Å². The maximum atomic E-state index is 12.9. The van der Waals surface area contributed by atoms with Gasteiger partial charge in [0.25, 0.3) is 0 Å². The number of carbonyl (C=O) groups excluding carboxylic acids is 2. The molecule has 7 nitrogen and oxygen atoms in total. The summed E-state index contributed by atoms with van der Waals surface area (Å²) in [6, 6.07) is 15.2. The molecule has 1 aliphatic heterocycles. The Morgan fingerprint density at radius 1 is 0.933 bits per heavy atom. The standard InChI is InChI=1S/C22H27FN4O3/c23-19-8-6-18(7-9-19)16-24-22(29)25-17-21(28)27-12-10-26(11-13-27)14-15-30-20-4-2-1-3-5-20/h1-9H,10-17H2,(H2,24,25,29). The third-order valence-electron chi connectivity index (χ3n) is 4.91. The van der Waals surface area contributed by atoms with Crippen molar-refractivity contribution in [2.24, 2.45) is 0 Å². The highest BCUT2D eigenvalue weighted by atomic mass is 19.1. The number of nitrogens with one attached hydrogen (secondary N) is 2. The summed E-state index contributed by atoms with van der Waals surface area (Å²) in [5.74, 6) is 0.430. The highest BCUT2D eigenvalue weighted by Gasteiger charge is 2.21. The molecule has 1 fully saturated rings. The average molecular weight is 414 g/mol. The smallest absolute Gasteiger partial charge is 0.315 e. The van der Waals surface area contributed by atoms with Gasteiger partial charge in [0, 0.05) is 39.3 Å². The summed E-state index contributed by atoms with van der Waals surface area (Å²) in [6.07, 6.45) is 0. The molecule has 1 aliphatic rings. The first-order valence-electron chi connectivity index (χ1n) is 10.0. The predicted octanol–water partition coefficient (Wildman–Crippen LogP) is 1.85. The first kappa shape index (κ1) is 21.6. The van der Waals surface area contributed by atoms with Gasteiger partial charge in [-0.1, -0.05) is 30.3 Å². The summed E-state index contributed by atoms with van der Waals surface area (Å²) < 4.78 is 18.6. The number of hydrogen-bond donors (Lipinski definition) is 2. The average Bonchev–Trinajstić information content (AvgIpc) is 2.78. The van der Waals surface area contributed by atoms with Crippen LogP contribution in [0.3, 0.4) is 0 Å². The normalized spacial score (nSPS) is 14.2. The van der Waals surface area contributed by atoms with Crippen molar-refractivity contribution in [1.82, 2.24) is 20.4 Å². The lowest BCUT2D eigenvalue weighted by Gasteiger charge is -2.34. The molecule has 3 rings (SSSR count). The number of ether oxygens (including phenoxy) is 1. The second kappa shape index (κ2) is 11.2. The summed E-state index contributed by atoms with van der Waals surface area (Å²) in [6.45, 7) is 4.44. The second-order valence-corrected chi connectivity index (χ2v) is 7.05. The monoisotopic (exact) mass is 414 g/mol. The molecule has 0 saturated carbocycles. The van der Waals surface area contributed by atoms with E-state index in [9.17, 15) is 14.0 Å². The minimum Gasteiger partial charge on any atom is -0.492 e. The molecule has 1 saturated heterocycles. The predicted molar refractivity (Wildman–Crippen MR) is 112 cm³/mol. The van der Waals surface area contributed by atoms with Gasteiger partial charge in [-0.25, -0.2) is 9.18 Å². The lowest BCUT2D eigenvalue weighted by Crippen LogP contribution is -2.52. The number of urea groups is 1. The van der Waals surface area contributed by atoms with E-state index in [4.69, 9.17) is 4.74 Å². The van der Waals surface area contributed by atoms with E-state index in [1.165, 1.54) is 12.1 Å². The van der Waals surface area contributed by atoms with Gasteiger partial charge in [0.15, 0.2) is 0 Å². The van der Waals surface area contributed by atoms with E-state index in [2.05, 4.69) is 15.5 Å². The largest absolute Gasteiger partial charge is 0.492 e. The van der Waals surface area contributed by atoms with Crippen molar-refractivity contribution in [3.05, 3.63) is 66.0 Å². The quantitative estimate of drug-likeness (QED) is 0.692. The molecule has 0 radical (unpaired) electrons. The zero-order chi connectivity index (χ0) is 21.2. The molecule has 0 atom stereocenters. The molecule has 30 heavy (non-hydrogen) atoms. The van der Waals surface area contributed by atoms with Crippen LogP contribution in [0.15, 0.2) is 54.6 Å². The SMILES string of the molecule is O=C(NCC(=O)N1CCN(CCOc2ccccc2)CC1)NCc1ccc(F)cc1. The van der Waals surface area contributed by atoms with E-state index in [1.807, 2.05) is 30.3 Å². The van der Waals surface area contributed by atoms with Crippen molar-refractivity contribution in [3.8, 4) is 5.75 Å². The van der Waals surface area contributed by atoms with Crippen molar-refractivity contribution in [1.29, 1.82) is 0 Å². The number of rotatable bonds is 8. The Hall–Kier alpha value is -3.13. The molecule has 160 valence electrons. The summed E-state index contributed by atoms with van der Waals surface area (Å²) in [4.78, 5) is 28.2. The Kier molecular flexibility index (Phi) is 8.02. The summed E-state index contributed by atoms with van der Waals surface area (Å²) in [5.41, 5.74) is 0.783. The fourth-order valence-corrected chi connectivity index (χ4v) is 3.14. The minimum absolute atomic E-state index is 0.0492. The van der Waals surface area contributed by atoms with Crippen molar-refractivity contribution in [2.45, 2.75) is 6.54 Å². The van der Waals surface area contributed by atoms with Crippen LogP contribution < -0.4 is 15.4 Å². The van der Waals surface area contributed by atoms with Crippen molar-refractivity contribution < 1.29 is 18.7 Å². The molecule has 0 unspecified atom stereocenters. The molecule has 0 spiro atoms. The first-order chi connectivity index (χ1) is 14.6. The number of nitrogens with zero attached hydrogens (tertiary/aromatic N) is 2. The van der Waals surface area contributed by atoms with Gasteiger partial charge in [-0.15, -0.1) is 0 Å². The van der Waals surface area contributed by atoms with E-state index in [1.54, 1.807) is 17.0 Å². The number of hydrogen-bond acceptors (Lipinski definition) is 4. The van der Waals surface area contributed by atoms with Crippen LogP contribution in [0.2, 0.25) is 0 Å². The summed E-state index contributed by atoms with van der Waals surface area (Å²) in [7, 11) is 0. The molecule has 0 aliphatic carbocycles. The number of halogens is 1. The molecule has 3 amide bonds. The number of amides is 3. The lowest BCUT2D eigenvalue weighted by molar-refractivity contribution is -0.131. The number of para-hydroxylation sites is 1. The molecule has 0 bridgehead atoms. The van der Waals surface area contributed by atoms with Crippen LogP contribution in [0.25, 0.3) is 0 Å². The third-order valence-corrected chi connectivity index (χ3v) is 4.91. The molecule has 0 aromatic heterocycles. The highest BCUT2D eigenvalue weighted by Crippen LogP contribution is 2.09. The molecular formula is C22H27FN4O3. The van der Waals surface area contributed by atoms with Gasteiger partial charge >= 0.3 is 6.03 Å². The van der Waals surface area contributed by atoms with Gasteiger partial charge in [0.2, 0.25) is 5.91 Å². The number of piperazine rings is 1. The Bertz CT molecular complexity index is 809. The van der Waals surface area contributed by atoms with Gasteiger partial charge < -0.3 is 20.3 Å². The van der Waals surface area contributed by atoms with Crippen LogP contribution in [0.4, 0.5) is 9.18 Å². The van der Waals surface area contributed by atoms with Crippen LogP contribution in [0, 0.1) is 5.82 Å². The van der Waals surface area contributed by atoms with Gasteiger partial charge in [-0.05, 0) is 29.8 Å². The van der Waals surface area contributed by atoms with Crippen molar-refractivity contribution in [2.75, 3.05) is 45.9 Å². The van der Waals surface area contributed by atoms with Crippen LogP contribution >= 0.6 is 0 Å². The van der Waals surface area contributed by atoms with Crippen LogP contribution in [-0.4, -0.2) is 67.6 Å². The maximum absolute atomic E-state index is 12.9. The Labute approximate surface area is 175 Å². The summed E-state index contributed by atoms with van der Waals surface area (Å²) >= 11 is 0. The fraction of sp³-hybridized carbons (Fsp3) is 0.364. The molecular weight excluding hydrogens is 387 g/mol.